The van der Waals surface area contributed by atoms with E-state index in [0.717, 1.165) is 57.8 Å². The van der Waals surface area contributed by atoms with Gasteiger partial charge in [-0.05, 0) is 38.5 Å². The van der Waals surface area contributed by atoms with Crippen molar-refractivity contribution in [3.05, 3.63) is 12.2 Å². The second-order valence-corrected chi connectivity index (χ2v) is 18.8. The Morgan fingerprint density at radius 3 is 1.20 bits per heavy atom. The summed E-state index contributed by atoms with van der Waals surface area (Å²) in [4.78, 5) is 46.1. The van der Waals surface area contributed by atoms with Crippen LogP contribution in [-0.4, -0.2) is 59.9 Å². The molecule has 0 spiro atoms. The van der Waals surface area contributed by atoms with E-state index in [1.807, 2.05) is 0 Å². The molecule has 0 aromatic carbocycles. The molecule has 0 saturated heterocycles. The van der Waals surface area contributed by atoms with Crippen molar-refractivity contribution in [3.8, 4) is 0 Å². The Hall–Kier alpha value is -1.78. The van der Waals surface area contributed by atoms with Crippen LogP contribution in [0.1, 0.15) is 251 Å². The highest BCUT2D eigenvalue weighted by Gasteiger charge is 2.28. The van der Waals surface area contributed by atoms with Crippen LogP contribution < -0.4 is 5.73 Å². The van der Waals surface area contributed by atoms with Gasteiger partial charge in [-0.2, -0.15) is 0 Å². The zero-order chi connectivity index (χ0) is 44.9. The van der Waals surface area contributed by atoms with Crippen molar-refractivity contribution in [1.29, 1.82) is 0 Å². The summed E-state index contributed by atoms with van der Waals surface area (Å²) in [5.74, 6) is -2.37. The van der Waals surface area contributed by atoms with Crippen molar-refractivity contribution in [3.63, 3.8) is 0 Å². The summed E-state index contributed by atoms with van der Waals surface area (Å²) in [6.07, 6.45) is 47.0. The monoisotopic (exact) mass is 888 g/mol. The van der Waals surface area contributed by atoms with Gasteiger partial charge in [0, 0.05) is 12.8 Å². The van der Waals surface area contributed by atoms with Crippen molar-refractivity contribution in [1.82, 2.24) is 0 Å². The van der Waals surface area contributed by atoms with Gasteiger partial charge in [0.05, 0.1) is 13.2 Å². The van der Waals surface area contributed by atoms with Gasteiger partial charge in [-0.15, -0.1) is 0 Å². The molecular weight excluding hydrogens is 794 g/mol. The Balaban J connectivity index is 4.21. The molecule has 0 aromatic heterocycles. The summed E-state index contributed by atoms with van der Waals surface area (Å²) in [5, 5.41) is 8.91. The van der Waals surface area contributed by atoms with E-state index in [0.29, 0.717) is 12.8 Å². The van der Waals surface area contributed by atoms with E-state index in [9.17, 15) is 23.8 Å². The van der Waals surface area contributed by atoms with Crippen LogP contribution in [0.3, 0.4) is 0 Å². The Labute approximate surface area is 373 Å². The molecule has 11 nitrogen and oxygen atoms in total. The summed E-state index contributed by atoms with van der Waals surface area (Å²) < 4.78 is 32.8. The first-order valence-corrected chi connectivity index (χ1v) is 26.7. The van der Waals surface area contributed by atoms with Crippen LogP contribution in [0.4, 0.5) is 0 Å². The van der Waals surface area contributed by atoms with Crippen molar-refractivity contribution in [2.24, 2.45) is 5.73 Å². The molecule has 12 heteroatoms. The maximum absolute atomic E-state index is 12.7. The van der Waals surface area contributed by atoms with E-state index in [-0.39, 0.29) is 19.4 Å². The van der Waals surface area contributed by atoms with Crippen LogP contribution in [0.5, 0.6) is 0 Å². The molecule has 0 fully saturated rings. The minimum absolute atomic E-state index is 0.156. The second kappa shape index (κ2) is 44.8. The lowest BCUT2D eigenvalue weighted by molar-refractivity contribution is -0.161. The first-order chi connectivity index (χ1) is 29.6. The zero-order valence-corrected chi connectivity index (χ0v) is 40.2. The number of ether oxygens (including phenoxy) is 2. The smallest absolute Gasteiger partial charge is 0.472 e. The average Bonchev–Trinajstić information content (AvgIpc) is 3.24. The Morgan fingerprint density at radius 1 is 0.492 bits per heavy atom. The summed E-state index contributed by atoms with van der Waals surface area (Å²) in [5.41, 5.74) is 5.35. The number of esters is 2. The fourth-order valence-electron chi connectivity index (χ4n) is 7.30. The number of phosphoric acid groups is 1. The summed E-state index contributed by atoms with van der Waals surface area (Å²) >= 11 is 0. The summed E-state index contributed by atoms with van der Waals surface area (Å²) in [7, 11) is -4.72. The number of carbonyl (C=O) groups is 3. The first kappa shape index (κ1) is 59.2. The van der Waals surface area contributed by atoms with Crippen LogP contribution in [0.25, 0.3) is 0 Å². The zero-order valence-electron chi connectivity index (χ0n) is 39.3. The van der Waals surface area contributed by atoms with Crippen LogP contribution >= 0.6 is 7.82 Å². The number of phosphoric ester groups is 1. The predicted octanol–water partition coefficient (Wildman–Crippen LogP) is 14.0. The van der Waals surface area contributed by atoms with Crippen molar-refractivity contribution < 1.29 is 47.5 Å². The molecule has 0 rings (SSSR count). The molecule has 0 aliphatic heterocycles. The van der Waals surface area contributed by atoms with E-state index >= 15 is 0 Å². The second-order valence-electron chi connectivity index (χ2n) is 17.3. The Kier molecular flexibility index (Phi) is 43.5. The highest BCUT2D eigenvalue weighted by molar-refractivity contribution is 7.47. The van der Waals surface area contributed by atoms with Gasteiger partial charge in [0.15, 0.2) is 6.10 Å². The molecule has 0 bridgehead atoms. The standard InChI is InChI=1S/C49H94NO10P/c1-3-5-7-9-11-13-15-17-19-21-22-23-24-25-27-28-30-32-34-36-38-40-47(51)57-42-45(43-58-61(55,56)59-44-46(50)49(53)54)60-48(52)41-39-37-35-33-31-29-26-20-18-16-14-12-10-8-6-4-2/h20,26,45-46H,3-19,21-25,27-44,50H2,1-2H3,(H,53,54)(H,55,56)/b26-20-. The van der Waals surface area contributed by atoms with Gasteiger partial charge < -0.3 is 25.2 Å². The van der Waals surface area contributed by atoms with E-state index in [2.05, 4.69) is 30.5 Å². The first-order valence-electron chi connectivity index (χ1n) is 25.2. The Bertz CT molecular complexity index is 1090. The number of rotatable bonds is 48. The number of hydrogen-bond acceptors (Lipinski definition) is 9. The normalized spacial score (nSPS) is 13.6. The number of carboxylic acids is 1. The lowest BCUT2D eigenvalue weighted by atomic mass is 10.0. The van der Waals surface area contributed by atoms with Crippen molar-refractivity contribution >= 4 is 25.7 Å². The van der Waals surface area contributed by atoms with Crippen LogP contribution in [0.2, 0.25) is 0 Å². The average molecular weight is 888 g/mol. The van der Waals surface area contributed by atoms with Gasteiger partial charge in [0.25, 0.3) is 0 Å². The molecule has 0 radical (unpaired) electrons. The van der Waals surface area contributed by atoms with Crippen molar-refractivity contribution in [2.45, 2.75) is 264 Å². The summed E-state index contributed by atoms with van der Waals surface area (Å²) in [6.45, 7) is 2.84. The molecule has 61 heavy (non-hydrogen) atoms. The molecule has 0 aliphatic rings. The molecule has 0 amide bonds. The fraction of sp³-hybridized carbons (Fsp3) is 0.898. The number of carbonyl (C=O) groups excluding carboxylic acids is 2. The number of aliphatic carboxylic acids is 1. The van der Waals surface area contributed by atoms with Gasteiger partial charge in [-0.3, -0.25) is 23.4 Å². The van der Waals surface area contributed by atoms with E-state index in [4.69, 9.17) is 24.8 Å². The highest BCUT2D eigenvalue weighted by Crippen LogP contribution is 2.43. The molecule has 0 saturated carbocycles. The number of hydrogen-bond donors (Lipinski definition) is 3. The fourth-order valence-corrected chi connectivity index (χ4v) is 8.08. The van der Waals surface area contributed by atoms with E-state index in [1.165, 1.54) is 154 Å². The van der Waals surface area contributed by atoms with E-state index < -0.39 is 51.1 Å². The van der Waals surface area contributed by atoms with Crippen LogP contribution in [0, 0.1) is 0 Å². The maximum Gasteiger partial charge on any atom is 0.472 e. The predicted molar refractivity (Wildman–Crippen MR) is 249 cm³/mol. The molecule has 0 aromatic rings. The number of nitrogens with two attached hydrogens (primary N) is 1. The third kappa shape index (κ3) is 44.6. The van der Waals surface area contributed by atoms with Gasteiger partial charge in [0.2, 0.25) is 0 Å². The van der Waals surface area contributed by atoms with Gasteiger partial charge in [0.1, 0.15) is 12.6 Å². The Morgan fingerprint density at radius 2 is 0.820 bits per heavy atom. The van der Waals surface area contributed by atoms with Crippen molar-refractivity contribution in [2.75, 3.05) is 19.8 Å². The largest absolute Gasteiger partial charge is 0.480 e. The molecule has 4 N–H and O–H groups in total. The SMILES string of the molecule is CCCCCCCCC/C=C\CCCCCCCC(=O)OC(COC(=O)CCCCCCCCCCCCCCCCCCCCCCC)COP(=O)(O)OCC(N)C(=O)O. The van der Waals surface area contributed by atoms with E-state index in [1.54, 1.807) is 0 Å². The molecule has 360 valence electrons. The minimum Gasteiger partial charge on any atom is -0.480 e. The molecular formula is C49H94NO10P. The lowest BCUT2D eigenvalue weighted by Crippen LogP contribution is -2.34. The maximum atomic E-state index is 12.7. The van der Waals surface area contributed by atoms with Crippen LogP contribution in [0.15, 0.2) is 12.2 Å². The lowest BCUT2D eigenvalue weighted by Gasteiger charge is -2.20. The molecule has 0 heterocycles. The highest BCUT2D eigenvalue weighted by atomic mass is 31.2. The third-order valence-corrected chi connectivity index (χ3v) is 12.2. The number of unbranched alkanes of at least 4 members (excludes halogenated alkanes) is 32. The summed E-state index contributed by atoms with van der Waals surface area (Å²) in [6, 6.07) is -1.52. The quantitative estimate of drug-likeness (QED) is 0.0230. The molecule has 3 unspecified atom stereocenters. The van der Waals surface area contributed by atoms with Crippen LogP contribution in [-0.2, 0) is 37.5 Å². The molecule has 3 atom stereocenters. The van der Waals surface area contributed by atoms with Gasteiger partial charge in [-0.25, -0.2) is 4.57 Å². The van der Waals surface area contributed by atoms with Gasteiger partial charge in [-0.1, -0.05) is 212 Å². The number of carboxylic acid groups (broad SMARTS) is 1. The van der Waals surface area contributed by atoms with Gasteiger partial charge >= 0.3 is 25.7 Å². The number of allylic oxidation sites excluding steroid dienone is 2. The minimum atomic E-state index is -4.72. The third-order valence-electron chi connectivity index (χ3n) is 11.3. The molecule has 0 aliphatic carbocycles. The topological polar surface area (TPSA) is 172 Å².